The molecule has 0 radical (unpaired) electrons. The number of nitrogens with zero attached hydrogens (tertiary/aromatic N) is 2. The lowest BCUT2D eigenvalue weighted by molar-refractivity contribution is -0.127. The van der Waals surface area contributed by atoms with E-state index in [9.17, 15) is 18.0 Å². The largest absolute Gasteiger partial charge is 0.353 e. The van der Waals surface area contributed by atoms with Gasteiger partial charge in [0, 0.05) is 42.8 Å². The normalized spacial score (nSPS) is 22.6. The highest BCUT2D eigenvalue weighted by Gasteiger charge is 2.36. The van der Waals surface area contributed by atoms with Crippen LogP contribution in [0.5, 0.6) is 0 Å². The predicted octanol–water partition coefficient (Wildman–Crippen LogP) is 1.23. The minimum Gasteiger partial charge on any atom is -0.353 e. The number of carbonyl (C=O) groups is 2. The lowest BCUT2D eigenvalue weighted by atomic mass is 10.0. The number of carbonyl (C=O) groups excluding carboxylic acids is 2. The van der Waals surface area contributed by atoms with Gasteiger partial charge < -0.3 is 10.2 Å². The molecule has 1 atom stereocenters. The smallest absolute Gasteiger partial charge is 0.227 e. The quantitative estimate of drug-likeness (QED) is 0.825. The highest BCUT2D eigenvalue weighted by atomic mass is 35.5. The summed E-state index contributed by atoms with van der Waals surface area (Å²) in [5.74, 6) is -0.627. The van der Waals surface area contributed by atoms with Gasteiger partial charge in [0.2, 0.25) is 21.8 Å². The molecule has 0 saturated carbocycles. The summed E-state index contributed by atoms with van der Waals surface area (Å²) in [7, 11) is -3.18. The zero-order valence-corrected chi connectivity index (χ0v) is 16.1. The Morgan fingerprint density at radius 1 is 1.19 bits per heavy atom. The van der Waals surface area contributed by atoms with E-state index in [1.807, 2.05) is 0 Å². The van der Waals surface area contributed by atoms with Crippen LogP contribution < -0.4 is 10.2 Å². The summed E-state index contributed by atoms with van der Waals surface area (Å²) in [5, 5.41) is 3.57. The highest BCUT2D eigenvalue weighted by Crippen LogP contribution is 2.26. The van der Waals surface area contributed by atoms with Gasteiger partial charge >= 0.3 is 0 Å². The van der Waals surface area contributed by atoms with E-state index in [0.717, 1.165) is 5.69 Å². The average Bonchev–Trinajstić information content (AvgIpc) is 2.97. The zero-order chi connectivity index (χ0) is 18.9. The molecule has 1 unspecified atom stereocenters. The molecule has 2 fully saturated rings. The van der Waals surface area contributed by atoms with Crippen LogP contribution in [-0.4, -0.2) is 56.5 Å². The van der Waals surface area contributed by atoms with Crippen molar-refractivity contribution in [3.8, 4) is 0 Å². The molecular weight excluding hydrogens is 378 g/mol. The molecule has 9 heteroatoms. The van der Waals surface area contributed by atoms with Crippen LogP contribution in [0.15, 0.2) is 24.3 Å². The zero-order valence-electron chi connectivity index (χ0n) is 14.5. The third kappa shape index (κ3) is 4.36. The molecule has 2 saturated heterocycles. The Kier molecular flexibility index (Phi) is 5.55. The fraction of sp³-hybridized carbons (Fsp3) is 0.529. The average molecular weight is 400 g/mol. The molecule has 2 amide bonds. The number of piperidine rings is 1. The topological polar surface area (TPSA) is 86.8 Å². The Balaban J connectivity index is 1.55. The molecule has 3 rings (SSSR count). The van der Waals surface area contributed by atoms with E-state index in [1.54, 1.807) is 29.2 Å². The summed E-state index contributed by atoms with van der Waals surface area (Å²) in [5.41, 5.74) is 0.733. The lowest BCUT2D eigenvalue weighted by Gasteiger charge is -2.31. The molecule has 0 spiro atoms. The second-order valence-electron chi connectivity index (χ2n) is 6.83. The standard InChI is InChI=1S/C17H22ClN3O4S/c1-26(24,25)20-8-6-14(7-9-20)19-17(23)12-10-16(22)21(11-12)15-4-2-13(18)3-5-15/h2-5,12,14H,6-11H2,1H3,(H,19,23). The summed E-state index contributed by atoms with van der Waals surface area (Å²) >= 11 is 5.87. The Bertz CT molecular complexity index is 789. The number of sulfonamides is 1. The maximum absolute atomic E-state index is 12.5. The summed E-state index contributed by atoms with van der Waals surface area (Å²) < 4.78 is 24.5. The van der Waals surface area contributed by atoms with Gasteiger partial charge in [0.1, 0.15) is 0 Å². The number of benzene rings is 1. The Morgan fingerprint density at radius 2 is 1.81 bits per heavy atom. The summed E-state index contributed by atoms with van der Waals surface area (Å²) in [6.07, 6.45) is 2.54. The second-order valence-corrected chi connectivity index (χ2v) is 9.25. The van der Waals surface area contributed by atoms with E-state index < -0.39 is 15.9 Å². The Labute approximate surface area is 158 Å². The first-order valence-electron chi connectivity index (χ1n) is 8.55. The van der Waals surface area contributed by atoms with Gasteiger partial charge in [0.05, 0.1) is 12.2 Å². The van der Waals surface area contributed by atoms with Crippen LogP contribution in [0.3, 0.4) is 0 Å². The SMILES string of the molecule is CS(=O)(=O)N1CCC(NC(=O)C2CC(=O)N(c3ccc(Cl)cc3)C2)CC1. The minimum absolute atomic E-state index is 0.0554. The van der Waals surface area contributed by atoms with Gasteiger partial charge in [0.15, 0.2) is 0 Å². The Hall–Kier alpha value is -1.64. The third-order valence-corrected chi connectivity index (χ3v) is 6.46. The van der Waals surface area contributed by atoms with Gasteiger partial charge in [-0.2, -0.15) is 0 Å². The first-order valence-corrected chi connectivity index (χ1v) is 10.8. The highest BCUT2D eigenvalue weighted by molar-refractivity contribution is 7.88. The van der Waals surface area contributed by atoms with Gasteiger partial charge in [-0.25, -0.2) is 12.7 Å². The minimum atomic E-state index is -3.18. The van der Waals surface area contributed by atoms with Crippen molar-refractivity contribution in [1.29, 1.82) is 0 Å². The predicted molar refractivity (Wildman–Crippen MR) is 99.5 cm³/mol. The lowest BCUT2D eigenvalue weighted by Crippen LogP contribution is -2.47. The van der Waals surface area contributed by atoms with Crippen LogP contribution >= 0.6 is 11.6 Å². The Morgan fingerprint density at radius 3 is 2.38 bits per heavy atom. The molecular formula is C17H22ClN3O4S. The molecule has 2 heterocycles. The monoisotopic (exact) mass is 399 g/mol. The molecule has 142 valence electrons. The molecule has 2 aliphatic rings. The van der Waals surface area contributed by atoms with E-state index in [1.165, 1.54) is 10.6 Å². The molecule has 7 nitrogen and oxygen atoms in total. The molecule has 1 aromatic rings. The van der Waals surface area contributed by atoms with Crippen molar-refractivity contribution in [3.63, 3.8) is 0 Å². The third-order valence-electron chi connectivity index (χ3n) is 4.90. The second kappa shape index (κ2) is 7.54. The van der Waals surface area contributed by atoms with E-state index in [0.29, 0.717) is 37.5 Å². The van der Waals surface area contributed by atoms with Gasteiger partial charge in [-0.15, -0.1) is 0 Å². The number of rotatable bonds is 4. The van der Waals surface area contributed by atoms with E-state index >= 15 is 0 Å². The molecule has 1 N–H and O–H groups in total. The fourth-order valence-electron chi connectivity index (χ4n) is 3.40. The van der Waals surface area contributed by atoms with E-state index in [-0.39, 0.29) is 24.3 Å². The maximum Gasteiger partial charge on any atom is 0.227 e. The number of hydrogen-bond donors (Lipinski definition) is 1. The van der Waals surface area contributed by atoms with Crippen LogP contribution in [0, 0.1) is 5.92 Å². The fourth-order valence-corrected chi connectivity index (χ4v) is 4.40. The summed E-state index contributed by atoms with van der Waals surface area (Å²) in [6, 6.07) is 6.91. The molecule has 0 aliphatic carbocycles. The number of anilines is 1. The van der Waals surface area contributed by atoms with Gasteiger partial charge in [-0.3, -0.25) is 9.59 Å². The van der Waals surface area contributed by atoms with Crippen LogP contribution in [0.25, 0.3) is 0 Å². The number of hydrogen-bond acceptors (Lipinski definition) is 4. The molecule has 0 bridgehead atoms. The summed E-state index contributed by atoms with van der Waals surface area (Å²) in [6.45, 7) is 1.16. The van der Waals surface area contributed by atoms with Crippen molar-refractivity contribution in [2.24, 2.45) is 5.92 Å². The van der Waals surface area contributed by atoms with Crippen molar-refractivity contribution in [3.05, 3.63) is 29.3 Å². The van der Waals surface area contributed by atoms with E-state index in [4.69, 9.17) is 11.6 Å². The first-order chi connectivity index (χ1) is 12.2. The van der Waals surface area contributed by atoms with Crippen molar-refractivity contribution in [2.75, 3.05) is 30.8 Å². The van der Waals surface area contributed by atoms with Crippen molar-refractivity contribution >= 4 is 39.1 Å². The molecule has 26 heavy (non-hydrogen) atoms. The number of halogens is 1. The molecule has 1 aromatic carbocycles. The van der Waals surface area contributed by atoms with Crippen LogP contribution in [0.1, 0.15) is 19.3 Å². The molecule has 2 aliphatic heterocycles. The first kappa shape index (κ1) is 19.1. The number of amides is 2. The van der Waals surface area contributed by atoms with Crippen LogP contribution in [0.2, 0.25) is 5.02 Å². The molecule has 0 aromatic heterocycles. The van der Waals surface area contributed by atoms with Gasteiger partial charge in [-0.05, 0) is 37.1 Å². The van der Waals surface area contributed by atoms with Gasteiger partial charge in [0.25, 0.3) is 0 Å². The van der Waals surface area contributed by atoms with Gasteiger partial charge in [-0.1, -0.05) is 11.6 Å². The van der Waals surface area contributed by atoms with Crippen molar-refractivity contribution in [2.45, 2.75) is 25.3 Å². The van der Waals surface area contributed by atoms with E-state index in [2.05, 4.69) is 5.32 Å². The summed E-state index contributed by atoms with van der Waals surface area (Å²) in [4.78, 5) is 26.4. The number of nitrogens with one attached hydrogen (secondary N) is 1. The van der Waals surface area contributed by atoms with Crippen molar-refractivity contribution in [1.82, 2.24) is 9.62 Å². The maximum atomic E-state index is 12.5. The van der Waals surface area contributed by atoms with Crippen LogP contribution in [0.4, 0.5) is 5.69 Å². The van der Waals surface area contributed by atoms with Crippen molar-refractivity contribution < 1.29 is 18.0 Å². The van der Waals surface area contributed by atoms with Crippen LogP contribution in [-0.2, 0) is 19.6 Å².